The molecule has 0 atom stereocenters. The van der Waals surface area contributed by atoms with Gasteiger partial charge in [-0.1, -0.05) is 35.9 Å². The predicted octanol–water partition coefficient (Wildman–Crippen LogP) is 2.79. The summed E-state index contributed by atoms with van der Waals surface area (Å²) in [7, 11) is 0. The molecular formula is C15H16N4. The van der Waals surface area contributed by atoms with E-state index < -0.39 is 0 Å². The number of anilines is 2. The molecule has 0 amide bonds. The minimum absolute atomic E-state index is 0.496. The molecule has 0 aliphatic rings. The van der Waals surface area contributed by atoms with Crippen molar-refractivity contribution in [2.45, 2.75) is 6.92 Å². The summed E-state index contributed by atoms with van der Waals surface area (Å²) in [5.74, 6) is 0. The average molecular weight is 252 g/mol. The van der Waals surface area contributed by atoms with E-state index >= 15 is 0 Å². The van der Waals surface area contributed by atoms with Gasteiger partial charge in [0.05, 0.1) is 17.6 Å². The molecule has 4 N–H and O–H groups in total. The van der Waals surface area contributed by atoms with Gasteiger partial charge >= 0.3 is 0 Å². The van der Waals surface area contributed by atoms with Crippen molar-refractivity contribution < 1.29 is 0 Å². The van der Waals surface area contributed by atoms with Crippen LogP contribution < -0.4 is 11.5 Å². The number of fused-ring (bicyclic) bond motifs is 1. The molecule has 0 aliphatic carbocycles. The van der Waals surface area contributed by atoms with Crippen LogP contribution in [-0.2, 0) is 0 Å². The van der Waals surface area contributed by atoms with Crippen molar-refractivity contribution in [1.29, 1.82) is 0 Å². The monoisotopic (exact) mass is 252 g/mol. The van der Waals surface area contributed by atoms with Crippen LogP contribution >= 0.6 is 0 Å². The summed E-state index contributed by atoms with van der Waals surface area (Å²) in [4.78, 5) is 8.06. The second-order valence-electron chi connectivity index (χ2n) is 4.16. The first-order valence-corrected chi connectivity index (χ1v) is 5.95. The van der Waals surface area contributed by atoms with E-state index in [1.54, 1.807) is 12.3 Å². The fourth-order valence-corrected chi connectivity index (χ4v) is 1.60. The van der Waals surface area contributed by atoms with E-state index in [1.807, 2.05) is 24.3 Å². The molecule has 0 spiro atoms. The van der Waals surface area contributed by atoms with Crippen molar-refractivity contribution in [3.63, 3.8) is 0 Å². The number of benzene rings is 1. The first kappa shape index (κ1) is 12.8. The zero-order valence-electron chi connectivity index (χ0n) is 10.7. The Morgan fingerprint density at radius 3 is 2.26 bits per heavy atom. The Labute approximate surface area is 112 Å². The van der Waals surface area contributed by atoms with Gasteiger partial charge in [0.1, 0.15) is 0 Å². The summed E-state index contributed by atoms with van der Waals surface area (Å²) in [6, 6.07) is 13.9. The van der Waals surface area contributed by atoms with Crippen molar-refractivity contribution in [1.82, 2.24) is 9.97 Å². The average Bonchev–Trinajstić information content (AvgIpc) is 2.45. The molecule has 0 fully saturated rings. The number of aromatic nitrogens is 2. The molecule has 3 rings (SSSR count). The molecule has 4 heteroatoms. The third-order valence-electron chi connectivity index (χ3n) is 2.65. The highest BCUT2D eigenvalue weighted by molar-refractivity contribution is 5.93. The Kier molecular flexibility index (Phi) is 3.93. The van der Waals surface area contributed by atoms with Crippen molar-refractivity contribution in [3.05, 3.63) is 60.4 Å². The number of hydrogen-bond donors (Lipinski definition) is 2. The number of rotatable bonds is 0. The fraction of sp³-hybridized carbons (Fsp3) is 0.0667. The van der Waals surface area contributed by atoms with E-state index in [1.165, 1.54) is 11.8 Å². The van der Waals surface area contributed by atoms with Crippen LogP contribution in [0.1, 0.15) is 5.56 Å². The summed E-state index contributed by atoms with van der Waals surface area (Å²) in [5, 5.41) is 0.803. The number of nitrogens with two attached hydrogens (primary N) is 2. The summed E-state index contributed by atoms with van der Waals surface area (Å²) < 4.78 is 0. The summed E-state index contributed by atoms with van der Waals surface area (Å²) in [5.41, 5.74) is 14.3. The van der Waals surface area contributed by atoms with Crippen LogP contribution in [0.5, 0.6) is 0 Å². The number of nitrogens with zero attached hydrogens (tertiary/aromatic N) is 2. The Bertz CT molecular complexity index is 665. The number of hydrogen-bond acceptors (Lipinski definition) is 4. The highest BCUT2D eigenvalue weighted by atomic mass is 14.9. The van der Waals surface area contributed by atoms with E-state index in [4.69, 9.17) is 11.5 Å². The predicted molar refractivity (Wildman–Crippen MR) is 79.5 cm³/mol. The van der Waals surface area contributed by atoms with Crippen molar-refractivity contribution in [2.24, 2.45) is 0 Å². The lowest BCUT2D eigenvalue weighted by atomic mass is 10.2. The van der Waals surface area contributed by atoms with E-state index in [9.17, 15) is 0 Å². The smallest absolute Gasteiger partial charge is 0.161 e. The Balaban J connectivity index is 0.000000163. The van der Waals surface area contributed by atoms with Crippen molar-refractivity contribution >= 4 is 22.4 Å². The normalized spacial score (nSPS) is 9.74. The van der Waals surface area contributed by atoms with Gasteiger partial charge in [-0.15, -0.1) is 0 Å². The largest absolute Gasteiger partial charge is 0.396 e. The van der Waals surface area contributed by atoms with E-state index in [0.717, 1.165) is 5.39 Å². The second kappa shape index (κ2) is 5.82. The standard InChI is InChI=1S/C8H8N4.C7H8/c9-6-4-12-8-5(7(6)10)2-1-3-11-8;1-7-5-3-2-4-6-7/h1-4H,9H2,(H2,10,11,12);2-6H,1H3. The third-order valence-corrected chi connectivity index (χ3v) is 2.65. The molecule has 0 aliphatic heterocycles. The molecule has 0 saturated heterocycles. The maximum atomic E-state index is 5.71. The maximum Gasteiger partial charge on any atom is 0.161 e. The third kappa shape index (κ3) is 3.19. The quantitative estimate of drug-likeness (QED) is 0.645. The van der Waals surface area contributed by atoms with Crippen LogP contribution in [0.15, 0.2) is 54.9 Å². The fourth-order valence-electron chi connectivity index (χ4n) is 1.60. The zero-order valence-corrected chi connectivity index (χ0v) is 10.7. The zero-order chi connectivity index (χ0) is 13.7. The van der Waals surface area contributed by atoms with Gasteiger partial charge in [-0.2, -0.15) is 0 Å². The van der Waals surface area contributed by atoms with E-state index in [-0.39, 0.29) is 0 Å². The topological polar surface area (TPSA) is 77.8 Å². The molecule has 0 radical (unpaired) electrons. The molecule has 2 heterocycles. The first-order chi connectivity index (χ1) is 9.18. The van der Waals surface area contributed by atoms with Crippen LogP contribution in [0.3, 0.4) is 0 Å². The van der Waals surface area contributed by atoms with Gasteiger partial charge in [-0.05, 0) is 19.1 Å². The second-order valence-corrected chi connectivity index (χ2v) is 4.16. The molecular weight excluding hydrogens is 236 g/mol. The SMILES string of the molecule is Cc1ccccc1.Nc1cnc2ncccc2c1N. The highest BCUT2D eigenvalue weighted by Gasteiger charge is 2.01. The van der Waals surface area contributed by atoms with Gasteiger partial charge < -0.3 is 11.5 Å². The molecule has 4 nitrogen and oxygen atoms in total. The molecule has 19 heavy (non-hydrogen) atoms. The highest BCUT2D eigenvalue weighted by Crippen LogP contribution is 2.22. The number of aryl methyl sites for hydroxylation is 1. The van der Waals surface area contributed by atoms with Crippen LogP contribution in [0.2, 0.25) is 0 Å². The molecule has 0 bridgehead atoms. The van der Waals surface area contributed by atoms with Crippen molar-refractivity contribution in [3.8, 4) is 0 Å². The van der Waals surface area contributed by atoms with E-state index in [2.05, 4.69) is 29.0 Å². The molecule has 0 saturated carbocycles. The number of pyridine rings is 2. The van der Waals surface area contributed by atoms with Crippen LogP contribution in [0.25, 0.3) is 11.0 Å². The molecule has 96 valence electrons. The van der Waals surface area contributed by atoms with Crippen molar-refractivity contribution in [2.75, 3.05) is 11.5 Å². The van der Waals surface area contributed by atoms with Crippen LogP contribution in [0.4, 0.5) is 11.4 Å². The lowest BCUT2D eigenvalue weighted by molar-refractivity contribution is 1.29. The maximum absolute atomic E-state index is 5.71. The Morgan fingerprint density at radius 2 is 1.63 bits per heavy atom. The van der Waals surface area contributed by atoms with Crippen LogP contribution in [-0.4, -0.2) is 9.97 Å². The lowest BCUT2D eigenvalue weighted by Crippen LogP contribution is -1.97. The first-order valence-electron chi connectivity index (χ1n) is 5.95. The summed E-state index contributed by atoms with van der Waals surface area (Å²) in [6.45, 7) is 2.08. The Morgan fingerprint density at radius 1 is 0.895 bits per heavy atom. The minimum Gasteiger partial charge on any atom is -0.396 e. The minimum atomic E-state index is 0.496. The summed E-state index contributed by atoms with van der Waals surface area (Å²) in [6.07, 6.45) is 3.19. The Hall–Kier alpha value is -2.62. The van der Waals surface area contributed by atoms with E-state index in [0.29, 0.717) is 17.0 Å². The van der Waals surface area contributed by atoms with Gasteiger partial charge in [0.15, 0.2) is 5.65 Å². The summed E-state index contributed by atoms with van der Waals surface area (Å²) >= 11 is 0. The van der Waals surface area contributed by atoms with Gasteiger partial charge in [-0.3, -0.25) is 0 Å². The molecule has 0 unspecified atom stereocenters. The molecule has 3 aromatic rings. The van der Waals surface area contributed by atoms with Gasteiger partial charge in [-0.25, -0.2) is 9.97 Å². The molecule has 1 aromatic carbocycles. The molecule has 2 aromatic heterocycles. The van der Waals surface area contributed by atoms with Crippen LogP contribution in [0, 0.1) is 6.92 Å². The van der Waals surface area contributed by atoms with Gasteiger partial charge in [0.2, 0.25) is 0 Å². The van der Waals surface area contributed by atoms with Gasteiger partial charge in [0.25, 0.3) is 0 Å². The number of nitrogen functional groups attached to an aromatic ring is 2. The van der Waals surface area contributed by atoms with Gasteiger partial charge in [0, 0.05) is 11.6 Å². The lowest BCUT2D eigenvalue weighted by Gasteiger charge is -2.01.